The molecule has 2 atom stereocenters. The van der Waals surface area contributed by atoms with Crippen molar-refractivity contribution in [1.82, 2.24) is 10.6 Å². The molecule has 0 aromatic rings. The van der Waals surface area contributed by atoms with Crippen molar-refractivity contribution in [2.75, 3.05) is 6.54 Å². The maximum atomic E-state index is 11.5. The predicted octanol–water partition coefficient (Wildman–Crippen LogP) is 0.266. The molecule has 13 heavy (non-hydrogen) atoms. The van der Waals surface area contributed by atoms with Gasteiger partial charge in [0, 0.05) is 12.5 Å². The summed E-state index contributed by atoms with van der Waals surface area (Å²) in [4.78, 5) is 11.5. The quantitative estimate of drug-likeness (QED) is 0.612. The summed E-state index contributed by atoms with van der Waals surface area (Å²) >= 11 is 0. The van der Waals surface area contributed by atoms with Crippen LogP contribution in [0.5, 0.6) is 0 Å². The highest BCUT2D eigenvalue weighted by molar-refractivity contribution is 5.82. The highest BCUT2D eigenvalue weighted by Crippen LogP contribution is 2.05. The summed E-state index contributed by atoms with van der Waals surface area (Å²) in [5.74, 6) is 2.61. The Morgan fingerprint density at radius 2 is 2.62 bits per heavy atom. The van der Waals surface area contributed by atoms with Gasteiger partial charge in [-0.2, -0.15) is 0 Å². The fraction of sp³-hybridized carbons (Fsp3) is 0.700. The van der Waals surface area contributed by atoms with E-state index in [0.717, 1.165) is 19.4 Å². The molecule has 0 aromatic heterocycles. The van der Waals surface area contributed by atoms with Gasteiger partial charge < -0.3 is 10.6 Å². The van der Waals surface area contributed by atoms with E-state index in [0.29, 0.717) is 6.42 Å². The lowest BCUT2D eigenvalue weighted by atomic mass is 10.2. The molecule has 0 aliphatic carbocycles. The summed E-state index contributed by atoms with van der Waals surface area (Å²) in [5, 5.41) is 6.02. The first-order valence-corrected chi connectivity index (χ1v) is 4.71. The van der Waals surface area contributed by atoms with Crippen molar-refractivity contribution in [3.63, 3.8) is 0 Å². The molecule has 1 heterocycles. The highest BCUT2D eigenvalue weighted by atomic mass is 16.2. The number of hydrogen-bond acceptors (Lipinski definition) is 2. The molecular weight excluding hydrogens is 164 g/mol. The van der Waals surface area contributed by atoms with E-state index >= 15 is 0 Å². The molecule has 3 nitrogen and oxygen atoms in total. The predicted molar refractivity (Wildman–Crippen MR) is 52.1 cm³/mol. The molecule has 1 unspecified atom stereocenters. The van der Waals surface area contributed by atoms with E-state index in [1.54, 1.807) is 0 Å². The molecule has 72 valence electrons. The minimum absolute atomic E-state index is 0.000208. The summed E-state index contributed by atoms with van der Waals surface area (Å²) in [5.41, 5.74) is 0. The number of carbonyl (C=O) groups excluding carboxylic acids is 1. The average molecular weight is 180 g/mol. The molecule has 1 rings (SSSR count). The number of carbonyl (C=O) groups is 1. The normalized spacial score (nSPS) is 23.5. The van der Waals surface area contributed by atoms with Crippen LogP contribution in [0.2, 0.25) is 0 Å². The van der Waals surface area contributed by atoms with Crippen molar-refractivity contribution in [1.29, 1.82) is 0 Å². The third kappa shape index (κ3) is 3.08. The van der Waals surface area contributed by atoms with Crippen molar-refractivity contribution in [3.05, 3.63) is 0 Å². The van der Waals surface area contributed by atoms with Gasteiger partial charge in [0.15, 0.2) is 0 Å². The molecule has 3 heteroatoms. The standard InChI is InChI=1S/C10H16N2O/c1-3-5-8(2)12-10(13)9-6-4-7-11-9/h1,8-9,11H,4-7H2,2H3,(H,12,13)/t8?,9-/m0/s1. The Hall–Kier alpha value is -1.01. The van der Waals surface area contributed by atoms with Crippen LogP contribution in [0.25, 0.3) is 0 Å². The van der Waals surface area contributed by atoms with Crippen LogP contribution >= 0.6 is 0 Å². The largest absolute Gasteiger partial charge is 0.351 e. The number of nitrogens with one attached hydrogen (secondary N) is 2. The summed E-state index contributed by atoms with van der Waals surface area (Å²) in [7, 11) is 0. The van der Waals surface area contributed by atoms with Crippen LogP contribution in [0, 0.1) is 12.3 Å². The average Bonchev–Trinajstić information content (AvgIpc) is 2.55. The fourth-order valence-corrected chi connectivity index (χ4v) is 1.48. The Morgan fingerprint density at radius 3 is 3.15 bits per heavy atom. The SMILES string of the molecule is C#CCC(C)NC(=O)[C@@H]1CCCN1. The van der Waals surface area contributed by atoms with Crippen molar-refractivity contribution >= 4 is 5.91 Å². The highest BCUT2D eigenvalue weighted by Gasteiger charge is 2.22. The van der Waals surface area contributed by atoms with Gasteiger partial charge in [-0.05, 0) is 26.3 Å². The molecule has 2 N–H and O–H groups in total. The maximum Gasteiger partial charge on any atom is 0.237 e. The van der Waals surface area contributed by atoms with E-state index in [1.165, 1.54) is 0 Å². The van der Waals surface area contributed by atoms with Crippen LogP contribution in [0.3, 0.4) is 0 Å². The van der Waals surface area contributed by atoms with Gasteiger partial charge in [-0.1, -0.05) is 0 Å². The molecule has 1 saturated heterocycles. The zero-order valence-corrected chi connectivity index (χ0v) is 7.97. The van der Waals surface area contributed by atoms with Gasteiger partial charge >= 0.3 is 0 Å². The van der Waals surface area contributed by atoms with Crippen molar-refractivity contribution in [3.8, 4) is 12.3 Å². The number of hydrogen-bond donors (Lipinski definition) is 2. The second kappa shape index (κ2) is 4.88. The number of terminal acetylenes is 1. The van der Waals surface area contributed by atoms with Gasteiger partial charge in [-0.15, -0.1) is 12.3 Å². The second-order valence-electron chi connectivity index (χ2n) is 3.47. The minimum atomic E-state index is 0.000208. The number of amides is 1. The molecule has 0 bridgehead atoms. The lowest BCUT2D eigenvalue weighted by Crippen LogP contribution is -2.44. The molecule has 0 aromatic carbocycles. The van der Waals surface area contributed by atoms with Crippen LogP contribution in [-0.4, -0.2) is 24.5 Å². The molecule has 1 aliphatic rings. The molecular formula is C10H16N2O. The zero-order valence-electron chi connectivity index (χ0n) is 7.97. The van der Waals surface area contributed by atoms with Gasteiger partial charge in [0.25, 0.3) is 0 Å². The van der Waals surface area contributed by atoms with E-state index in [9.17, 15) is 4.79 Å². The molecule has 0 saturated carbocycles. The van der Waals surface area contributed by atoms with Crippen molar-refractivity contribution < 1.29 is 4.79 Å². The third-order valence-corrected chi connectivity index (χ3v) is 2.19. The van der Waals surface area contributed by atoms with Gasteiger partial charge in [-0.3, -0.25) is 4.79 Å². The Morgan fingerprint density at radius 1 is 1.85 bits per heavy atom. The van der Waals surface area contributed by atoms with E-state index in [-0.39, 0.29) is 18.0 Å². The minimum Gasteiger partial charge on any atom is -0.351 e. The summed E-state index contributed by atoms with van der Waals surface area (Å²) in [6.07, 6.45) is 7.76. The Bertz CT molecular complexity index is 213. The molecule has 1 aliphatic heterocycles. The van der Waals surface area contributed by atoms with Crippen LogP contribution < -0.4 is 10.6 Å². The summed E-state index contributed by atoms with van der Waals surface area (Å²) < 4.78 is 0. The summed E-state index contributed by atoms with van der Waals surface area (Å²) in [6.45, 7) is 2.87. The van der Waals surface area contributed by atoms with Gasteiger partial charge in [0.05, 0.1) is 6.04 Å². The molecule has 1 amide bonds. The first kappa shape index (κ1) is 10.1. The van der Waals surface area contributed by atoms with Crippen LogP contribution in [-0.2, 0) is 4.79 Å². The Kier molecular flexibility index (Phi) is 3.78. The molecule has 0 spiro atoms. The van der Waals surface area contributed by atoms with Crippen LogP contribution in [0.15, 0.2) is 0 Å². The van der Waals surface area contributed by atoms with E-state index in [1.807, 2.05) is 6.92 Å². The fourth-order valence-electron chi connectivity index (χ4n) is 1.48. The zero-order chi connectivity index (χ0) is 9.68. The van der Waals surface area contributed by atoms with E-state index in [4.69, 9.17) is 6.42 Å². The molecule has 1 fully saturated rings. The van der Waals surface area contributed by atoms with Gasteiger partial charge in [-0.25, -0.2) is 0 Å². The van der Waals surface area contributed by atoms with Crippen LogP contribution in [0.1, 0.15) is 26.2 Å². The van der Waals surface area contributed by atoms with Gasteiger partial charge in [0.2, 0.25) is 5.91 Å². The van der Waals surface area contributed by atoms with Crippen LogP contribution in [0.4, 0.5) is 0 Å². The lowest BCUT2D eigenvalue weighted by Gasteiger charge is -2.14. The maximum absolute atomic E-state index is 11.5. The van der Waals surface area contributed by atoms with E-state index in [2.05, 4.69) is 16.6 Å². The Balaban J connectivity index is 2.28. The topological polar surface area (TPSA) is 41.1 Å². The lowest BCUT2D eigenvalue weighted by molar-refractivity contribution is -0.123. The van der Waals surface area contributed by atoms with Gasteiger partial charge in [0.1, 0.15) is 0 Å². The third-order valence-electron chi connectivity index (χ3n) is 2.19. The molecule has 0 radical (unpaired) electrons. The van der Waals surface area contributed by atoms with Crippen molar-refractivity contribution in [2.45, 2.75) is 38.3 Å². The monoisotopic (exact) mass is 180 g/mol. The summed E-state index contributed by atoms with van der Waals surface area (Å²) in [6, 6.07) is 0.0834. The van der Waals surface area contributed by atoms with E-state index < -0.39 is 0 Å². The smallest absolute Gasteiger partial charge is 0.237 e. The van der Waals surface area contributed by atoms with Crippen molar-refractivity contribution in [2.24, 2.45) is 0 Å². The second-order valence-corrected chi connectivity index (χ2v) is 3.47. The first-order valence-electron chi connectivity index (χ1n) is 4.71. The Labute approximate surface area is 79.3 Å². The first-order chi connectivity index (χ1) is 6.24. The number of rotatable bonds is 3.